The first kappa shape index (κ1) is 32.8. The fraction of sp³-hybridized carbons (Fsp3) is 0.444. The van der Waals surface area contributed by atoms with E-state index in [-0.39, 0.29) is 35.8 Å². The minimum absolute atomic E-state index is 0.00420. The SMILES string of the molecule is CCCCCOC(=O)Nc1ncnn2c([C@]3(C#N)O[C@H](COP(=O)(NOC(=O)CC)Oc4ccccc4)[C@@H](O)[C@H]3O)ccc12. The van der Waals surface area contributed by atoms with Crippen molar-refractivity contribution in [3.05, 3.63) is 54.5 Å². The predicted octanol–water partition coefficient (Wildman–Crippen LogP) is 2.97. The van der Waals surface area contributed by atoms with Gasteiger partial charge in [-0.25, -0.2) is 18.9 Å². The molecule has 1 unspecified atom stereocenters. The molecular formula is C27H33N6O10P. The molecule has 16 nitrogen and oxygen atoms in total. The Morgan fingerprint density at radius 3 is 2.66 bits per heavy atom. The van der Waals surface area contributed by atoms with Crippen LogP contribution in [-0.4, -0.2) is 68.4 Å². The van der Waals surface area contributed by atoms with Gasteiger partial charge in [0.1, 0.15) is 42.0 Å². The van der Waals surface area contributed by atoms with Gasteiger partial charge in [-0.2, -0.15) is 10.4 Å². The van der Waals surface area contributed by atoms with Crippen molar-refractivity contribution in [3.8, 4) is 11.8 Å². The molecule has 0 aliphatic carbocycles. The minimum atomic E-state index is -4.42. The van der Waals surface area contributed by atoms with E-state index in [1.807, 2.05) is 18.2 Å². The van der Waals surface area contributed by atoms with Crippen LogP contribution in [0.4, 0.5) is 10.6 Å². The van der Waals surface area contributed by atoms with E-state index in [1.165, 1.54) is 35.7 Å². The van der Waals surface area contributed by atoms with Crippen molar-refractivity contribution in [1.29, 1.82) is 5.26 Å². The standard InChI is InChI=1S/C27H33N6O10P/c1-3-5-9-14-39-26(37)31-25-19-12-13-21(33(19)30-17-29-25)27(16-28)24(36)23(35)20(41-27)15-40-44(38,32-42-22(34)4-2)43-18-10-7-6-8-11-18/h6-8,10-13,17,20,23-24,35-36H,3-5,9,14-15H2,1-2H3,(H,32,38)(H,29,30,31,37)/t20-,23-,24-,27+,44?/m1/s1. The highest BCUT2D eigenvalue weighted by Gasteiger charge is 2.58. The van der Waals surface area contributed by atoms with E-state index in [2.05, 4.69) is 15.4 Å². The number of hydrogen-bond acceptors (Lipinski definition) is 13. The van der Waals surface area contributed by atoms with Crippen LogP contribution in [0.1, 0.15) is 45.2 Å². The van der Waals surface area contributed by atoms with Gasteiger partial charge < -0.3 is 29.0 Å². The molecule has 0 saturated carbocycles. The zero-order chi connectivity index (χ0) is 31.7. The lowest BCUT2D eigenvalue weighted by Crippen LogP contribution is -2.41. The van der Waals surface area contributed by atoms with E-state index in [1.54, 1.807) is 18.2 Å². The normalized spacial score (nSPS) is 22.6. The molecule has 1 amide bonds. The number of aromatic nitrogens is 3. The van der Waals surface area contributed by atoms with Crippen molar-refractivity contribution in [2.24, 2.45) is 0 Å². The summed E-state index contributed by atoms with van der Waals surface area (Å²) in [5.74, 6) is -0.564. The molecule has 2 aromatic heterocycles. The third-order valence-corrected chi connectivity index (χ3v) is 7.85. The molecule has 236 valence electrons. The van der Waals surface area contributed by atoms with Gasteiger partial charge in [-0.05, 0) is 35.9 Å². The first-order chi connectivity index (χ1) is 21.2. The van der Waals surface area contributed by atoms with E-state index >= 15 is 0 Å². The van der Waals surface area contributed by atoms with Gasteiger partial charge in [0, 0.05) is 6.42 Å². The molecule has 5 atom stereocenters. The highest BCUT2D eigenvalue weighted by molar-refractivity contribution is 7.51. The van der Waals surface area contributed by atoms with Gasteiger partial charge in [-0.15, -0.1) is 0 Å². The number of aliphatic hydroxyl groups excluding tert-OH is 2. The Morgan fingerprint density at radius 2 is 1.95 bits per heavy atom. The molecule has 0 radical (unpaired) electrons. The van der Waals surface area contributed by atoms with Crippen molar-refractivity contribution in [2.45, 2.75) is 63.4 Å². The number of carbonyl (C=O) groups is 2. The largest absolute Gasteiger partial charge is 0.491 e. The second-order valence-corrected chi connectivity index (χ2v) is 11.3. The van der Waals surface area contributed by atoms with Gasteiger partial charge in [0.15, 0.2) is 5.82 Å². The van der Waals surface area contributed by atoms with Gasteiger partial charge in [0.2, 0.25) is 5.60 Å². The highest BCUT2D eigenvalue weighted by Crippen LogP contribution is 2.47. The first-order valence-electron chi connectivity index (χ1n) is 13.8. The third-order valence-electron chi connectivity index (χ3n) is 6.60. The Bertz CT molecular complexity index is 1530. The van der Waals surface area contributed by atoms with Gasteiger partial charge in [0.25, 0.3) is 0 Å². The zero-order valence-corrected chi connectivity index (χ0v) is 24.9. The van der Waals surface area contributed by atoms with E-state index in [0.717, 1.165) is 19.2 Å². The number of unbranched alkanes of at least 4 members (excludes halogenated alkanes) is 2. The number of nitriles is 1. The highest BCUT2D eigenvalue weighted by atomic mass is 31.2. The quantitative estimate of drug-likeness (QED) is 0.114. The molecule has 0 bridgehead atoms. The number of anilines is 1. The van der Waals surface area contributed by atoms with E-state index in [0.29, 0.717) is 6.42 Å². The van der Waals surface area contributed by atoms with Crippen molar-refractivity contribution >= 4 is 31.1 Å². The van der Waals surface area contributed by atoms with Crippen LogP contribution in [0.5, 0.6) is 5.75 Å². The van der Waals surface area contributed by atoms with Crippen molar-refractivity contribution in [2.75, 3.05) is 18.5 Å². The molecular weight excluding hydrogens is 599 g/mol. The Morgan fingerprint density at radius 1 is 1.18 bits per heavy atom. The molecule has 44 heavy (non-hydrogen) atoms. The molecule has 3 aromatic rings. The van der Waals surface area contributed by atoms with E-state index in [9.17, 15) is 29.6 Å². The summed E-state index contributed by atoms with van der Waals surface area (Å²) in [4.78, 5) is 32.8. The van der Waals surface area contributed by atoms with Crippen LogP contribution in [0.25, 0.3) is 5.52 Å². The summed E-state index contributed by atoms with van der Waals surface area (Å²) < 4.78 is 36.6. The minimum Gasteiger partial charge on any atom is -0.449 e. The van der Waals surface area contributed by atoms with Crippen LogP contribution < -0.4 is 15.1 Å². The molecule has 4 N–H and O–H groups in total. The average molecular weight is 633 g/mol. The fourth-order valence-electron chi connectivity index (χ4n) is 4.32. The molecule has 17 heteroatoms. The Balaban J connectivity index is 1.53. The maximum Gasteiger partial charge on any atom is 0.491 e. The number of hydrogen-bond donors (Lipinski definition) is 4. The summed E-state index contributed by atoms with van der Waals surface area (Å²) in [7, 11) is -4.42. The lowest BCUT2D eigenvalue weighted by Gasteiger charge is -2.24. The fourth-order valence-corrected chi connectivity index (χ4v) is 5.42. The molecule has 0 spiro atoms. The summed E-state index contributed by atoms with van der Waals surface area (Å²) in [6.07, 6.45) is -2.01. The Hall–Kier alpha value is -4.10. The molecule has 1 aromatic carbocycles. The summed E-state index contributed by atoms with van der Waals surface area (Å²) in [6, 6.07) is 12.7. The number of carbonyl (C=O) groups excluding carboxylic acids is 2. The van der Waals surface area contributed by atoms with Gasteiger partial charge in [-0.3, -0.25) is 14.6 Å². The van der Waals surface area contributed by atoms with Crippen LogP contribution >= 0.6 is 7.75 Å². The molecule has 1 fully saturated rings. The van der Waals surface area contributed by atoms with Gasteiger partial charge in [-0.1, -0.05) is 44.9 Å². The molecule has 1 saturated heterocycles. The third kappa shape index (κ3) is 7.33. The summed E-state index contributed by atoms with van der Waals surface area (Å²) >= 11 is 0. The second-order valence-electron chi connectivity index (χ2n) is 9.65. The van der Waals surface area contributed by atoms with Gasteiger partial charge in [0.05, 0.1) is 18.9 Å². The maximum absolute atomic E-state index is 13.4. The molecule has 1 aliphatic heterocycles. The van der Waals surface area contributed by atoms with Crippen molar-refractivity contribution in [1.82, 2.24) is 19.8 Å². The van der Waals surface area contributed by atoms with Crippen LogP contribution in [-0.2, 0) is 33.8 Å². The number of fused-ring (bicyclic) bond motifs is 1. The number of nitrogens with zero attached hydrogens (tertiary/aromatic N) is 4. The van der Waals surface area contributed by atoms with Gasteiger partial charge >= 0.3 is 19.8 Å². The zero-order valence-electron chi connectivity index (χ0n) is 24.0. The van der Waals surface area contributed by atoms with Crippen molar-refractivity contribution in [3.63, 3.8) is 0 Å². The smallest absolute Gasteiger partial charge is 0.449 e. The summed E-state index contributed by atoms with van der Waals surface area (Å²) in [5.41, 5.74) is -1.93. The van der Waals surface area contributed by atoms with E-state index in [4.69, 9.17) is 23.4 Å². The monoisotopic (exact) mass is 632 g/mol. The number of amides is 1. The molecule has 4 rings (SSSR count). The van der Waals surface area contributed by atoms with Crippen LogP contribution in [0.3, 0.4) is 0 Å². The number of ether oxygens (including phenoxy) is 2. The number of benzene rings is 1. The first-order valence-corrected chi connectivity index (χ1v) is 15.4. The number of nitrogens with one attached hydrogen (secondary N) is 2. The predicted molar refractivity (Wildman–Crippen MR) is 152 cm³/mol. The second kappa shape index (κ2) is 14.6. The summed E-state index contributed by atoms with van der Waals surface area (Å²) in [5, 5.41) is 40.8. The van der Waals surface area contributed by atoms with Crippen molar-refractivity contribution < 1.29 is 47.7 Å². The summed E-state index contributed by atoms with van der Waals surface area (Å²) in [6.45, 7) is 3.11. The molecule has 1 aliphatic rings. The number of aliphatic hydroxyl groups is 2. The molecule has 3 heterocycles. The Labute approximate surface area is 252 Å². The van der Waals surface area contributed by atoms with E-state index < -0.39 is 50.3 Å². The van der Waals surface area contributed by atoms with Crippen LogP contribution in [0, 0.1) is 11.3 Å². The van der Waals surface area contributed by atoms with Crippen LogP contribution in [0.15, 0.2) is 48.8 Å². The number of para-hydroxylation sites is 1. The van der Waals surface area contributed by atoms with Crippen LogP contribution in [0.2, 0.25) is 0 Å². The Kier molecular flexibility index (Phi) is 10.9. The average Bonchev–Trinajstić information content (AvgIpc) is 3.57. The maximum atomic E-state index is 13.4. The number of rotatable bonds is 14. The lowest BCUT2D eigenvalue weighted by atomic mass is 9.92. The lowest BCUT2D eigenvalue weighted by molar-refractivity contribution is -0.147. The topological polar surface area (TPSA) is 216 Å².